The molecule has 1 aliphatic carbocycles. The Balaban J connectivity index is 1.47. The highest BCUT2D eigenvalue weighted by Gasteiger charge is 2.54. The Hall–Kier alpha value is -2.07. The smallest absolute Gasteiger partial charge is 0.407 e. The number of carbonyl (C=O) groups is 1. The molecule has 0 aromatic heterocycles. The van der Waals surface area contributed by atoms with Crippen LogP contribution in [0.4, 0.5) is 4.79 Å². The Morgan fingerprint density at radius 1 is 1.36 bits per heavy atom. The fraction of sp³-hybridized carbons (Fsp3) is 0.389. The van der Waals surface area contributed by atoms with Crippen LogP contribution >= 0.6 is 0 Å². The molecule has 3 rings (SSSR count). The van der Waals surface area contributed by atoms with E-state index in [4.69, 9.17) is 9.47 Å². The third-order valence-corrected chi connectivity index (χ3v) is 4.14. The lowest BCUT2D eigenvalue weighted by atomic mass is 9.92. The SMILES string of the molecule is CC[C@@H](C[C@@]12C=CC=C[C@@H]1O2)NC(=O)OCc1ccccc1. The van der Waals surface area contributed by atoms with Crippen LogP contribution in [-0.2, 0) is 16.1 Å². The molecular formula is C18H21NO3. The molecule has 116 valence electrons. The molecule has 3 atom stereocenters. The van der Waals surface area contributed by atoms with E-state index in [0.29, 0.717) is 0 Å². The number of alkyl carbamates (subject to hydrolysis) is 1. The van der Waals surface area contributed by atoms with E-state index in [1.54, 1.807) is 0 Å². The van der Waals surface area contributed by atoms with Gasteiger partial charge in [-0.3, -0.25) is 0 Å². The predicted molar refractivity (Wildman–Crippen MR) is 84.3 cm³/mol. The van der Waals surface area contributed by atoms with E-state index in [0.717, 1.165) is 18.4 Å². The quantitative estimate of drug-likeness (QED) is 0.820. The van der Waals surface area contributed by atoms with Crippen LogP contribution in [0.15, 0.2) is 54.6 Å². The van der Waals surface area contributed by atoms with E-state index >= 15 is 0 Å². The van der Waals surface area contributed by atoms with Crippen molar-refractivity contribution >= 4 is 6.09 Å². The Kier molecular flexibility index (Phi) is 4.29. The molecule has 1 saturated heterocycles. The number of fused-ring (bicyclic) bond motifs is 1. The summed E-state index contributed by atoms with van der Waals surface area (Å²) < 4.78 is 11.0. The van der Waals surface area contributed by atoms with E-state index in [2.05, 4.69) is 24.4 Å². The van der Waals surface area contributed by atoms with Gasteiger partial charge in [0.1, 0.15) is 18.3 Å². The first-order valence-corrected chi connectivity index (χ1v) is 7.73. The molecule has 4 nitrogen and oxygen atoms in total. The van der Waals surface area contributed by atoms with Gasteiger partial charge >= 0.3 is 6.09 Å². The second-order valence-electron chi connectivity index (χ2n) is 5.75. The largest absolute Gasteiger partial charge is 0.445 e. The molecule has 1 fully saturated rings. The molecule has 1 N–H and O–H groups in total. The third kappa shape index (κ3) is 3.39. The minimum absolute atomic E-state index is 0.0458. The minimum atomic E-state index is -0.375. The summed E-state index contributed by atoms with van der Waals surface area (Å²) in [5.74, 6) is 0. The molecule has 2 aliphatic rings. The van der Waals surface area contributed by atoms with E-state index < -0.39 is 0 Å². The predicted octanol–water partition coefficient (Wildman–Crippen LogP) is 3.35. The summed E-state index contributed by atoms with van der Waals surface area (Å²) in [6.07, 6.45) is 9.54. The molecule has 1 amide bonds. The normalized spacial score (nSPS) is 26.1. The zero-order chi connectivity index (χ0) is 15.4. The monoisotopic (exact) mass is 299 g/mol. The number of benzene rings is 1. The van der Waals surface area contributed by atoms with Crippen molar-refractivity contribution in [2.75, 3.05) is 0 Å². The van der Waals surface area contributed by atoms with Gasteiger partial charge in [0.2, 0.25) is 0 Å². The number of nitrogens with one attached hydrogen (secondary N) is 1. The summed E-state index contributed by atoms with van der Waals surface area (Å²) in [6, 6.07) is 9.71. The van der Waals surface area contributed by atoms with Gasteiger partial charge in [0, 0.05) is 12.5 Å². The molecule has 4 heteroatoms. The molecule has 1 aromatic carbocycles. The number of carbonyl (C=O) groups excluding carboxylic acids is 1. The van der Waals surface area contributed by atoms with Gasteiger partial charge in [-0.2, -0.15) is 0 Å². The highest BCUT2D eigenvalue weighted by molar-refractivity contribution is 5.67. The maximum Gasteiger partial charge on any atom is 0.407 e. The molecule has 1 aliphatic heterocycles. The Bertz CT molecular complexity index is 581. The molecule has 0 saturated carbocycles. The third-order valence-electron chi connectivity index (χ3n) is 4.14. The molecule has 22 heavy (non-hydrogen) atoms. The first-order valence-electron chi connectivity index (χ1n) is 7.73. The van der Waals surface area contributed by atoms with Crippen molar-refractivity contribution in [2.45, 2.75) is 44.1 Å². The fourth-order valence-corrected chi connectivity index (χ4v) is 2.77. The van der Waals surface area contributed by atoms with Crippen LogP contribution in [0.3, 0.4) is 0 Å². The molecule has 0 radical (unpaired) electrons. The summed E-state index contributed by atoms with van der Waals surface area (Å²) >= 11 is 0. The summed E-state index contributed by atoms with van der Waals surface area (Å²) in [5.41, 5.74) is 0.762. The van der Waals surface area contributed by atoms with E-state index in [1.807, 2.05) is 42.5 Å². The average Bonchev–Trinajstić information content (AvgIpc) is 3.27. The number of hydrogen-bond donors (Lipinski definition) is 1. The summed E-state index contributed by atoms with van der Waals surface area (Å²) in [4.78, 5) is 11.9. The average molecular weight is 299 g/mol. The standard InChI is InChI=1S/C18H21NO3/c1-2-15(12-18-11-7-6-10-16(18)22-18)19-17(20)21-13-14-8-4-3-5-9-14/h3-11,15-16H,2,12-13H2,1H3,(H,19,20)/t15-,16-,18-/m0/s1. The highest BCUT2D eigenvalue weighted by atomic mass is 16.6. The number of rotatable bonds is 6. The first-order chi connectivity index (χ1) is 10.7. The summed E-state index contributed by atoms with van der Waals surface area (Å²) in [6.45, 7) is 2.34. The fourth-order valence-electron chi connectivity index (χ4n) is 2.77. The van der Waals surface area contributed by atoms with Crippen molar-refractivity contribution < 1.29 is 14.3 Å². The first kappa shape index (κ1) is 14.9. The number of hydrogen-bond acceptors (Lipinski definition) is 3. The van der Waals surface area contributed by atoms with Crippen LogP contribution in [0.5, 0.6) is 0 Å². The van der Waals surface area contributed by atoms with Gasteiger partial charge < -0.3 is 14.8 Å². The topological polar surface area (TPSA) is 50.9 Å². The van der Waals surface area contributed by atoms with Crippen LogP contribution < -0.4 is 5.32 Å². The molecule has 0 bridgehead atoms. The van der Waals surface area contributed by atoms with Crippen LogP contribution in [0.2, 0.25) is 0 Å². The van der Waals surface area contributed by atoms with Crippen molar-refractivity contribution in [3.63, 3.8) is 0 Å². The van der Waals surface area contributed by atoms with Crippen molar-refractivity contribution in [3.05, 3.63) is 60.2 Å². The van der Waals surface area contributed by atoms with Crippen LogP contribution in [0, 0.1) is 0 Å². The number of allylic oxidation sites excluding steroid dienone is 2. The van der Waals surface area contributed by atoms with Gasteiger partial charge in [-0.15, -0.1) is 0 Å². The van der Waals surface area contributed by atoms with E-state index in [-0.39, 0.29) is 30.4 Å². The molecule has 1 heterocycles. The zero-order valence-electron chi connectivity index (χ0n) is 12.7. The van der Waals surface area contributed by atoms with Gasteiger partial charge in [-0.25, -0.2) is 4.79 Å². The summed E-state index contributed by atoms with van der Waals surface area (Å²) in [5, 5.41) is 2.94. The van der Waals surface area contributed by atoms with Crippen LogP contribution in [-0.4, -0.2) is 23.8 Å². The van der Waals surface area contributed by atoms with Gasteiger partial charge in [0.05, 0.1) is 0 Å². The van der Waals surface area contributed by atoms with E-state index in [1.165, 1.54) is 0 Å². The van der Waals surface area contributed by atoms with Crippen LogP contribution in [0.25, 0.3) is 0 Å². The van der Waals surface area contributed by atoms with Crippen molar-refractivity contribution in [2.24, 2.45) is 0 Å². The lowest BCUT2D eigenvalue weighted by Crippen LogP contribution is -2.38. The van der Waals surface area contributed by atoms with Crippen molar-refractivity contribution in [1.82, 2.24) is 5.32 Å². The van der Waals surface area contributed by atoms with Crippen LogP contribution in [0.1, 0.15) is 25.3 Å². The lowest BCUT2D eigenvalue weighted by molar-refractivity contribution is 0.133. The molecule has 1 aromatic rings. The highest BCUT2D eigenvalue weighted by Crippen LogP contribution is 2.45. The maximum atomic E-state index is 11.9. The Morgan fingerprint density at radius 2 is 2.18 bits per heavy atom. The van der Waals surface area contributed by atoms with Gasteiger partial charge in [0.15, 0.2) is 0 Å². The zero-order valence-corrected chi connectivity index (χ0v) is 12.7. The maximum absolute atomic E-state index is 11.9. The lowest BCUT2D eigenvalue weighted by Gasteiger charge is -2.20. The van der Waals surface area contributed by atoms with Crippen molar-refractivity contribution in [3.8, 4) is 0 Å². The molecule has 0 unspecified atom stereocenters. The number of epoxide rings is 1. The van der Waals surface area contributed by atoms with Gasteiger partial charge in [0.25, 0.3) is 0 Å². The van der Waals surface area contributed by atoms with E-state index in [9.17, 15) is 4.79 Å². The number of ether oxygens (including phenoxy) is 2. The second kappa shape index (κ2) is 6.36. The van der Waals surface area contributed by atoms with Gasteiger partial charge in [-0.1, -0.05) is 55.5 Å². The Labute approximate surface area is 130 Å². The number of amides is 1. The van der Waals surface area contributed by atoms with Gasteiger partial charge in [-0.05, 0) is 18.1 Å². The van der Waals surface area contributed by atoms with Crippen molar-refractivity contribution in [1.29, 1.82) is 0 Å². The molecular weight excluding hydrogens is 278 g/mol. The molecule has 0 spiro atoms. The summed E-state index contributed by atoms with van der Waals surface area (Å²) in [7, 11) is 0. The Morgan fingerprint density at radius 3 is 2.91 bits per heavy atom. The second-order valence-corrected chi connectivity index (χ2v) is 5.75. The minimum Gasteiger partial charge on any atom is -0.445 e.